The molecule has 0 nitrogen and oxygen atoms in total. The molecule has 0 unspecified atom stereocenters. The summed E-state index contributed by atoms with van der Waals surface area (Å²) in [5, 5.41) is 0. The van der Waals surface area contributed by atoms with Crippen molar-refractivity contribution in [3.05, 3.63) is 38.0 Å². The van der Waals surface area contributed by atoms with E-state index in [-0.39, 0.29) is 0 Å². The Bertz CT molecular complexity index is 178. The Balaban J connectivity index is 2.58. The van der Waals surface area contributed by atoms with Crippen molar-refractivity contribution in [3.8, 4) is 0 Å². The maximum Gasteiger partial charge on any atom is -0.0168 e. The van der Waals surface area contributed by atoms with Crippen LogP contribution in [0.1, 0.15) is 19.3 Å². The maximum absolute atomic E-state index is 3.87. The summed E-state index contributed by atoms with van der Waals surface area (Å²) in [6, 6.07) is 0. The third kappa shape index (κ3) is 1.88. The van der Waals surface area contributed by atoms with Crippen LogP contribution in [-0.2, 0) is 0 Å². The number of rotatable bonds is 3. The lowest BCUT2D eigenvalue weighted by atomic mass is 9.74. The molecule has 0 aromatic carbocycles. The lowest BCUT2D eigenvalue weighted by Crippen LogP contribution is -2.20. The summed E-state index contributed by atoms with van der Waals surface area (Å²) in [4.78, 5) is 0. The minimum Gasteiger partial charge on any atom is -0.103 e. The Morgan fingerprint density at radius 3 is 2.00 bits per heavy atom. The van der Waals surface area contributed by atoms with Crippen LogP contribution >= 0.6 is 0 Å². The summed E-state index contributed by atoms with van der Waals surface area (Å²) >= 11 is 0. The van der Waals surface area contributed by atoms with Gasteiger partial charge in [0.2, 0.25) is 0 Å². The van der Waals surface area contributed by atoms with Crippen LogP contribution in [0.15, 0.2) is 38.0 Å². The van der Waals surface area contributed by atoms with E-state index >= 15 is 0 Å². The zero-order valence-corrected chi connectivity index (χ0v) is 7.71. The molecule has 1 fully saturated rings. The topological polar surface area (TPSA) is 0 Å². The van der Waals surface area contributed by atoms with E-state index in [9.17, 15) is 0 Å². The molecule has 0 heteroatoms. The highest BCUT2D eigenvalue weighted by Crippen LogP contribution is 2.35. The molecule has 1 saturated carbocycles. The first kappa shape index (κ1) is 9.31. The molecule has 66 valence electrons. The molecule has 0 aliphatic heterocycles. The minimum absolute atomic E-state index is 0.624. The molecule has 1 aliphatic carbocycles. The monoisotopic (exact) mass is 162 g/mol. The Morgan fingerprint density at radius 1 is 0.833 bits per heavy atom. The standard InChI is InChI=1S/C12H18/c1-4-10-7-8-11(5-2)12(6-3)9-10/h4-6,10-12H,1-3,7-9H2/t10-,11-,12+/m1/s1. The second-order valence-corrected chi connectivity index (χ2v) is 3.61. The van der Waals surface area contributed by atoms with Crippen LogP contribution in [-0.4, -0.2) is 0 Å². The fourth-order valence-corrected chi connectivity index (χ4v) is 2.04. The molecule has 1 rings (SSSR count). The van der Waals surface area contributed by atoms with Gasteiger partial charge in [0, 0.05) is 0 Å². The number of hydrogen-bond donors (Lipinski definition) is 0. The third-order valence-electron chi connectivity index (χ3n) is 2.93. The van der Waals surface area contributed by atoms with Gasteiger partial charge in [-0.1, -0.05) is 18.2 Å². The Kier molecular flexibility index (Phi) is 3.33. The van der Waals surface area contributed by atoms with Crippen molar-refractivity contribution in [2.24, 2.45) is 17.8 Å². The largest absolute Gasteiger partial charge is 0.103 e. The van der Waals surface area contributed by atoms with Gasteiger partial charge < -0.3 is 0 Å². The van der Waals surface area contributed by atoms with Crippen LogP contribution in [0.3, 0.4) is 0 Å². The molecule has 3 atom stereocenters. The maximum atomic E-state index is 3.87. The van der Waals surface area contributed by atoms with Gasteiger partial charge >= 0.3 is 0 Å². The fraction of sp³-hybridized carbons (Fsp3) is 0.500. The van der Waals surface area contributed by atoms with Crippen LogP contribution in [0.4, 0.5) is 0 Å². The number of hydrogen-bond acceptors (Lipinski definition) is 0. The van der Waals surface area contributed by atoms with E-state index in [2.05, 4.69) is 38.0 Å². The van der Waals surface area contributed by atoms with Crippen LogP contribution in [0, 0.1) is 17.8 Å². The van der Waals surface area contributed by atoms with Gasteiger partial charge in [0.1, 0.15) is 0 Å². The van der Waals surface area contributed by atoms with Crippen molar-refractivity contribution in [3.63, 3.8) is 0 Å². The average Bonchev–Trinajstić information content (AvgIpc) is 2.16. The van der Waals surface area contributed by atoms with Gasteiger partial charge in [-0.05, 0) is 37.0 Å². The van der Waals surface area contributed by atoms with E-state index in [1.165, 1.54) is 19.3 Å². The summed E-state index contributed by atoms with van der Waals surface area (Å²) in [5.41, 5.74) is 0. The highest BCUT2D eigenvalue weighted by Gasteiger charge is 2.24. The molecule has 0 saturated heterocycles. The number of allylic oxidation sites excluding steroid dienone is 3. The van der Waals surface area contributed by atoms with E-state index < -0.39 is 0 Å². The van der Waals surface area contributed by atoms with E-state index in [1.807, 2.05) is 0 Å². The van der Waals surface area contributed by atoms with Gasteiger partial charge in [-0.2, -0.15) is 0 Å². The smallest absolute Gasteiger partial charge is 0.0168 e. The van der Waals surface area contributed by atoms with E-state index in [1.54, 1.807) is 0 Å². The fourth-order valence-electron chi connectivity index (χ4n) is 2.04. The molecule has 0 radical (unpaired) electrons. The van der Waals surface area contributed by atoms with Gasteiger partial charge in [0.25, 0.3) is 0 Å². The highest BCUT2D eigenvalue weighted by molar-refractivity contribution is 4.99. The second-order valence-electron chi connectivity index (χ2n) is 3.61. The average molecular weight is 162 g/mol. The van der Waals surface area contributed by atoms with Gasteiger partial charge in [0.05, 0.1) is 0 Å². The third-order valence-corrected chi connectivity index (χ3v) is 2.93. The molecule has 0 heterocycles. The first-order valence-electron chi connectivity index (χ1n) is 4.69. The summed E-state index contributed by atoms with van der Waals surface area (Å²) in [6.45, 7) is 11.6. The molecule has 0 aromatic rings. The van der Waals surface area contributed by atoms with E-state index in [4.69, 9.17) is 0 Å². The van der Waals surface area contributed by atoms with Crippen molar-refractivity contribution >= 4 is 0 Å². The summed E-state index contributed by atoms with van der Waals surface area (Å²) in [6.07, 6.45) is 9.95. The summed E-state index contributed by atoms with van der Waals surface area (Å²) in [7, 11) is 0. The summed E-state index contributed by atoms with van der Waals surface area (Å²) < 4.78 is 0. The zero-order chi connectivity index (χ0) is 8.97. The van der Waals surface area contributed by atoms with Crippen molar-refractivity contribution in [1.82, 2.24) is 0 Å². The highest BCUT2D eigenvalue weighted by atomic mass is 14.3. The lowest BCUT2D eigenvalue weighted by molar-refractivity contribution is 0.288. The molecule has 0 N–H and O–H groups in total. The molecule has 0 aromatic heterocycles. The molecule has 0 amide bonds. The molecule has 0 spiro atoms. The van der Waals surface area contributed by atoms with Crippen LogP contribution < -0.4 is 0 Å². The van der Waals surface area contributed by atoms with Gasteiger partial charge in [-0.15, -0.1) is 19.7 Å². The van der Waals surface area contributed by atoms with Crippen LogP contribution in [0.5, 0.6) is 0 Å². The van der Waals surface area contributed by atoms with Crippen LogP contribution in [0.2, 0.25) is 0 Å². The SMILES string of the molecule is C=C[C@@H]1CC[C@@H](C=C)[C@@H](C=C)C1. The van der Waals surface area contributed by atoms with Crippen molar-refractivity contribution in [2.75, 3.05) is 0 Å². The lowest BCUT2D eigenvalue weighted by Gasteiger charge is -2.31. The predicted octanol–water partition coefficient (Wildman–Crippen LogP) is 3.58. The Morgan fingerprint density at radius 2 is 1.50 bits per heavy atom. The van der Waals surface area contributed by atoms with Crippen molar-refractivity contribution in [1.29, 1.82) is 0 Å². The molecular weight excluding hydrogens is 144 g/mol. The second kappa shape index (κ2) is 4.30. The van der Waals surface area contributed by atoms with Crippen LogP contribution in [0.25, 0.3) is 0 Å². The van der Waals surface area contributed by atoms with Crippen molar-refractivity contribution in [2.45, 2.75) is 19.3 Å². The van der Waals surface area contributed by atoms with Gasteiger partial charge in [-0.3, -0.25) is 0 Å². The predicted molar refractivity (Wildman–Crippen MR) is 54.9 cm³/mol. The van der Waals surface area contributed by atoms with E-state index in [0.717, 1.165) is 0 Å². The summed E-state index contributed by atoms with van der Waals surface area (Å²) in [5.74, 6) is 1.97. The quantitative estimate of drug-likeness (QED) is 0.556. The molecule has 0 bridgehead atoms. The van der Waals surface area contributed by atoms with Gasteiger partial charge in [0.15, 0.2) is 0 Å². The molecule has 12 heavy (non-hydrogen) atoms. The first-order valence-corrected chi connectivity index (χ1v) is 4.69. The Labute approximate surface area is 75.7 Å². The van der Waals surface area contributed by atoms with E-state index in [0.29, 0.717) is 17.8 Å². The van der Waals surface area contributed by atoms with Crippen molar-refractivity contribution < 1.29 is 0 Å². The molecular formula is C12H18. The first-order chi connectivity index (χ1) is 5.81. The molecule has 1 aliphatic rings. The van der Waals surface area contributed by atoms with Gasteiger partial charge in [-0.25, -0.2) is 0 Å². The minimum atomic E-state index is 0.624. The zero-order valence-electron chi connectivity index (χ0n) is 7.71. The Hall–Kier alpha value is -0.780. The normalized spacial score (nSPS) is 35.5.